The molecule has 5 nitrogen and oxygen atoms in total. The van der Waals surface area contributed by atoms with E-state index in [1.807, 2.05) is 4.90 Å². The first-order valence-electron chi connectivity index (χ1n) is 6.48. The van der Waals surface area contributed by atoms with Crippen LogP contribution in [-0.4, -0.2) is 29.2 Å². The number of carboxylic acids is 1. The molecule has 1 N–H and O–H groups in total. The molecule has 0 saturated heterocycles. The maximum absolute atomic E-state index is 13.2. The number of ether oxygens (including phenoxy) is 1. The lowest BCUT2D eigenvalue weighted by Crippen LogP contribution is -2.33. The summed E-state index contributed by atoms with van der Waals surface area (Å²) < 4.78 is 18.7. The standard InChI is InChI=1S/C15H13FN2O3/c16-11-6-10(7-17-8-11)9-18-4-5-21-14-12(15(19)20)2-1-3-13(14)18/h1-3,6-8H,4-5,9H2,(H,19,20). The van der Waals surface area contributed by atoms with Crippen molar-refractivity contribution in [3.05, 3.63) is 53.6 Å². The van der Waals surface area contributed by atoms with Crippen LogP contribution in [-0.2, 0) is 6.54 Å². The normalized spacial score (nSPS) is 13.5. The fraction of sp³-hybridized carbons (Fsp3) is 0.200. The molecule has 0 amide bonds. The molecule has 108 valence electrons. The summed E-state index contributed by atoms with van der Waals surface area (Å²) in [6.07, 6.45) is 2.75. The van der Waals surface area contributed by atoms with Gasteiger partial charge in [0.15, 0.2) is 5.75 Å². The van der Waals surface area contributed by atoms with Crippen molar-refractivity contribution in [3.63, 3.8) is 0 Å². The number of aromatic nitrogens is 1. The summed E-state index contributed by atoms with van der Waals surface area (Å²) in [4.78, 5) is 17.0. The molecule has 21 heavy (non-hydrogen) atoms. The highest BCUT2D eigenvalue weighted by atomic mass is 19.1. The van der Waals surface area contributed by atoms with Gasteiger partial charge < -0.3 is 14.7 Å². The fourth-order valence-electron chi connectivity index (χ4n) is 2.40. The Morgan fingerprint density at radius 1 is 1.43 bits per heavy atom. The Morgan fingerprint density at radius 3 is 3.05 bits per heavy atom. The SMILES string of the molecule is O=C(O)c1cccc2c1OCCN2Cc1cncc(F)c1. The molecule has 0 atom stereocenters. The molecule has 6 heteroatoms. The molecule has 1 aliphatic heterocycles. The molecule has 0 saturated carbocycles. The van der Waals surface area contributed by atoms with Gasteiger partial charge in [-0.2, -0.15) is 0 Å². The van der Waals surface area contributed by atoms with Crippen molar-refractivity contribution in [3.8, 4) is 5.75 Å². The number of para-hydroxylation sites is 1. The Labute approximate surface area is 120 Å². The number of anilines is 1. The van der Waals surface area contributed by atoms with E-state index in [9.17, 15) is 14.3 Å². The second-order valence-corrected chi connectivity index (χ2v) is 4.74. The maximum atomic E-state index is 13.2. The molecule has 0 aliphatic carbocycles. The number of rotatable bonds is 3. The van der Waals surface area contributed by atoms with Crippen molar-refractivity contribution in [2.45, 2.75) is 6.54 Å². The summed E-state index contributed by atoms with van der Waals surface area (Å²) >= 11 is 0. The van der Waals surface area contributed by atoms with Crippen LogP contribution in [0.2, 0.25) is 0 Å². The average molecular weight is 288 g/mol. The summed E-state index contributed by atoms with van der Waals surface area (Å²) in [6.45, 7) is 1.44. The number of nitrogens with zero attached hydrogens (tertiary/aromatic N) is 2. The fourth-order valence-corrected chi connectivity index (χ4v) is 2.40. The summed E-state index contributed by atoms with van der Waals surface area (Å²) in [7, 11) is 0. The van der Waals surface area contributed by atoms with Crippen molar-refractivity contribution < 1.29 is 19.0 Å². The minimum Gasteiger partial charge on any atom is -0.489 e. The molecule has 0 radical (unpaired) electrons. The molecule has 1 aromatic heterocycles. The Balaban J connectivity index is 1.94. The molecule has 0 unspecified atom stereocenters. The van der Waals surface area contributed by atoms with E-state index in [0.29, 0.717) is 31.1 Å². The van der Waals surface area contributed by atoms with E-state index >= 15 is 0 Å². The lowest BCUT2D eigenvalue weighted by atomic mass is 10.1. The summed E-state index contributed by atoms with van der Waals surface area (Å²) in [6, 6.07) is 6.40. The molecule has 0 fully saturated rings. The second kappa shape index (κ2) is 5.40. The highest BCUT2D eigenvalue weighted by Gasteiger charge is 2.23. The van der Waals surface area contributed by atoms with Crippen LogP contribution < -0.4 is 9.64 Å². The van der Waals surface area contributed by atoms with Gasteiger partial charge in [-0.15, -0.1) is 0 Å². The molecule has 1 aliphatic rings. The Morgan fingerprint density at radius 2 is 2.29 bits per heavy atom. The van der Waals surface area contributed by atoms with Gasteiger partial charge in [0, 0.05) is 12.7 Å². The number of pyridine rings is 1. The van der Waals surface area contributed by atoms with Crippen LogP contribution in [0, 0.1) is 5.82 Å². The topological polar surface area (TPSA) is 62.7 Å². The van der Waals surface area contributed by atoms with E-state index in [0.717, 1.165) is 11.8 Å². The Bertz CT molecular complexity index is 690. The quantitative estimate of drug-likeness (QED) is 0.939. The molecule has 2 heterocycles. The first kappa shape index (κ1) is 13.4. The lowest BCUT2D eigenvalue weighted by Gasteiger charge is -2.31. The third-order valence-electron chi connectivity index (χ3n) is 3.31. The van der Waals surface area contributed by atoms with Gasteiger partial charge in [-0.3, -0.25) is 4.98 Å². The highest BCUT2D eigenvalue weighted by Crippen LogP contribution is 2.35. The zero-order chi connectivity index (χ0) is 14.8. The van der Waals surface area contributed by atoms with E-state index in [-0.39, 0.29) is 11.4 Å². The zero-order valence-corrected chi connectivity index (χ0v) is 11.1. The van der Waals surface area contributed by atoms with E-state index < -0.39 is 5.97 Å². The first-order chi connectivity index (χ1) is 10.1. The van der Waals surface area contributed by atoms with Crippen LogP contribution in [0.25, 0.3) is 0 Å². The van der Waals surface area contributed by atoms with Crippen LogP contribution in [0.4, 0.5) is 10.1 Å². The third kappa shape index (κ3) is 2.65. The summed E-state index contributed by atoms with van der Waals surface area (Å²) in [5, 5.41) is 9.20. The number of hydrogen-bond donors (Lipinski definition) is 1. The predicted molar refractivity (Wildman–Crippen MR) is 74.1 cm³/mol. The van der Waals surface area contributed by atoms with E-state index in [1.54, 1.807) is 18.3 Å². The molecule has 2 aromatic rings. The lowest BCUT2D eigenvalue weighted by molar-refractivity contribution is 0.0692. The first-order valence-corrected chi connectivity index (χ1v) is 6.48. The Kier molecular flexibility index (Phi) is 3.43. The Hall–Kier alpha value is -2.63. The van der Waals surface area contributed by atoms with Gasteiger partial charge in [0.1, 0.15) is 18.0 Å². The predicted octanol–water partition coefficient (Wildman–Crippen LogP) is 2.32. The van der Waals surface area contributed by atoms with Crippen LogP contribution in [0.15, 0.2) is 36.7 Å². The molecule has 0 spiro atoms. The van der Waals surface area contributed by atoms with Crippen LogP contribution in [0.3, 0.4) is 0 Å². The number of aromatic carboxylic acids is 1. The highest BCUT2D eigenvalue weighted by molar-refractivity contribution is 5.93. The minimum absolute atomic E-state index is 0.134. The number of benzene rings is 1. The van der Waals surface area contributed by atoms with Gasteiger partial charge in [-0.25, -0.2) is 9.18 Å². The van der Waals surface area contributed by atoms with Crippen LogP contribution in [0.5, 0.6) is 5.75 Å². The van der Waals surface area contributed by atoms with E-state index in [2.05, 4.69) is 4.98 Å². The van der Waals surface area contributed by atoms with Crippen molar-refractivity contribution >= 4 is 11.7 Å². The van der Waals surface area contributed by atoms with Gasteiger partial charge in [0.2, 0.25) is 0 Å². The third-order valence-corrected chi connectivity index (χ3v) is 3.31. The van der Waals surface area contributed by atoms with E-state index in [4.69, 9.17) is 4.74 Å². The van der Waals surface area contributed by atoms with Gasteiger partial charge in [-0.05, 0) is 23.8 Å². The van der Waals surface area contributed by atoms with Gasteiger partial charge in [0.05, 0.1) is 18.4 Å². The zero-order valence-electron chi connectivity index (χ0n) is 11.1. The van der Waals surface area contributed by atoms with Crippen molar-refractivity contribution in [1.29, 1.82) is 0 Å². The number of fused-ring (bicyclic) bond motifs is 1. The number of carbonyl (C=O) groups is 1. The smallest absolute Gasteiger partial charge is 0.339 e. The largest absolute Gasteiger partial charge is 0.489 e. The summed E-state index contributed by atoms with van der Waals surface area (Å²) in [5.41, 5.74) is 1.56. The summed E-state index contributed by atoms with van der Waals surface area (Å²) in [5.74, 6) is -1.05. The van der Waals surface area contributed by atoms with Crippen LogP contribution >= 0.6 is 0 Å². The monoisotopic (exact) mass is 288 g/mol. The average Bonchev–Trinajstić information content (AvgIpc) is 2.47. The van der Waals surface area contributed by atoms with E-state index in [1.165, 1.54) is 12.1 Å². The number of carboxylic acid groups (broad SMARTS) is 1. The number of halogens is 1. The number of hydrogen-bond acceptors (Lipinski definition) is 4. The van der Waals surface area contributed by atoms with Gasteiger partial charge in [0.25, 0.3) is 0 Å². The molecule has 3 rings (SSSR count). The van der Waals surface area contributed by atoms with Crippen molar-refractivity contribution in [1.82, 2.24) is 4.98 Å². The maximum Gasteiger partial charge on any atom is 0.339 e. The second-order valence-electron chi connectivity index (χ2n) is 4.74. The minimum atomic E-state index is -1.03. The molecular weight excluding hydrogens is 275 g/mol. The molecule has 1 aromatic carbocycles. The van der Waals surface area contributed by atoms with Crippen molar-refractivity contribution in [2.75, 3.05) is 18.1 Å². The molecular formula is C15H13FN2O3. The van der Waals surface area contributed by atoms with Crippen LogP contribution in [0.1, 0.15) is 15.9 Å². The van der Waals surface area contributed by atoms with Gasteiger partial charge >= 0.3 is 5.97 Å². The molecule has 0 bridgehead atoms. The van der Waals surface area contributed by atoms with Crippen molar-refractivity contribution in [2.24, 2.45) is 0 Å². The van der Waals surface area contributed by atoms with Gasteiger partial charge in [-0.1, -0.05) is 6.07 Å².